The van der Waals surface area contributed by atoms with Gasteiger partial charge < -0.3 is 5.32 Å². The molecule has 0 aliphatic carbocycles. The number of nitrogens with zero attached hydrogens (tertiary/aromatic N) is 5. The van der Waals surface area contributed by atoms with Crippen molar-refractivity contribution in [2.75, 3.05) is 24.7 Å². The van der Waals surface area contributed by atoms with Crippen LogP contribution in [0.3, 0.4) is 0 Å². The van der Waals surface area contributed by atoms with Gasteiger partial charge in [-0.1, -0.05) is 6.07 Å². The number of hydrogen-bond donors (Lipinski definition) is 2. The van der Waals surface area contributed by atoms with Crippen molar-refractivity contribution < 1.29 is 17.8 Å². The van der Waals surface area contributed by atoms with Crippen molar-refractivity contribution in [2.45, 2.75) is 12.8 Å². The number of carbonyl (C=O) groups excluding carboxylic acids is 1. The lowest BCUT2D eigenvalue weighted by atomic mass is 9.95. The average Bonchev–Trinajstić information content (AvgIpc) is 3.17. The van der Waals surface area contributed by atoms with Crippen molar-refractivity contribution in [3.63, 3.8) is 0 Å². The summed E-state index contributed by atoms with van der Waals surface area (Å²) >= 11 is 0. The number of nitrogens with one attached hydrogen (secondary N) is 1. The molecule has 1 amide bonds. The molecule has 180 valence electrons. The van der Waals surface area contributed by atoms with Crippen molar-refractivity contribution in [2.24, 2.45) is 21.7 Å². The van der Waals surface area contributed by atoms with E-state index in [9.17, 15) is 13.2 Å². The number of carbonyl (C=O) groups is 1. The first kappa shape index (κ1) is 23.2. The summed E-state index contributed by atoms with van der Waals surface area (Å²) in [6, 6.07) is 12.3. The third-order valence-electron chi connectivity index (χ3n) is 6.37. The molecule has 35 heavy (non-hydrogen) atoms. The Morgan fingerprint density at radius 3 is 2.71 bits per heavy atom. The van der Waals surface area contributed by atoms with E-state index in [0.717, 1.165) is 29.8 Å². The number of aromatic nitrogens is 1. The number of piperidine rings is 1. The first-order valence-corrected chi connectivity index (χ1v) is 13.1. The molecule has 4 heterocycles. The van der Waals surface area contributed by atoms with E-state index in [4.69, 9.17) is 10.8 Å². The fourth-order valence-electron chi connectivity index (χ4n) is 4.57. The van der Waals surface area contributed by atoms with Crippen LogP contribution in [0.2, 0.25) is 0 Å². The number of amides is 1. The summed E-state index contributed by atoms with van der Waals surface area (Å²) in [5, 5.41) is 2.77. The number of allylic oxidation sites excluding steroid dienone is 1. The summed E-state index contributed by atoms with van der Waals surface area (Å²) in [5.74, 6) is 7.51. The minimum absolute atomic E-state index is 0.0894. The second-order valence-electron chi connectivity index (χ2n) is 8.77. The molecule has 1 saturated heterocycles. The van der Waals surface area contributed by atoms with Gasteiger partial charge in [-0.15, -0.1) is 4.59 Å². The van der Waals surface area contributed by atoms with E-state index in [2.05, 4.69) is 15.3 Å². The standard InChI is InChI=1S/C24H25N7O3S/c1-35(33,34)30-13-4-5-19(16-30)22-20-15-26-12-14-31(20,25)23(29-22)17-7-9-18(10-8-17)24(32)28-21-6-2-3-11-27-21/h2-3,6-12,14-15,19H,4-5,13,16,25H2,1H3/p+1. The third kappa shape index (κ3) is 4.46. The average molecular weight is 493 g/mol. The van der Waals surface area contributed by atoms with Gasteiger partial charge in [0.05, 0.1) is 24.2 Å². The Morgan fingerprint density at radius 2 is 2.00 bits per heavy atom. The Kier molecular flexibility index (Phi) is 5.93. The molecule has 3 N–H and O–H groups in total. The maximum absolute atomic E-state index is 12.6. The molecule has 3 aliphatic rings. The monoisotopic (exact) mass is 492 g/mol. The van der Waals surface area contributed by atoms with Gasteiger partial charge in [0.15, 0.2) is 0 Å². The highest BCUT2D eigenvalue weighted by molar-refractivity contribution is 7.88. The SMILES string of the molecule is CS(=O)(=O)N1CCCC(C2=C3C=NC=C[N+]3(N)C(c3ccc(C(=O)Nc4ccccn4)cc3)=N2)C1. The second-order valence-corrected chi connectivity index (χ2v) is 10.7. The molecule has 2 atom stereocenters. The van der Waals surface area contributed by atoms with Gasteiger partial charge in [-0.3, -0.25) is 9.79 Å². The molecule has 10 nitrogen and oxygen atoms in total. The number of sulfonamides is 1. The van der Waals surface area contributed by atoms with Crippen LogP contribution in [0.25, 0.3) is 0 Å². The van der Waals surface area contributed by atoms with E-state index in [1.807, 2.05) is 12.1 Å². The van der Waals surface area contributed by atoms with Gasteiger partial charge >= 0.3 is 0 Å². The topological polar surface area (TPSA) is 130 Å². The van der Waals surface area contributed by atoms with E-state index >= 15 is 0 Å². The lowest BCUT2D eigenvalue weighted by Crippen LogP contribution is -2.53. The number of benzene rings is 1. The second kappa shape index (κ2) is 8.93. The summed E-state index contributed by atoms with van der Waals surface area (Å²) in [7, 11) is -3.30. The van der Waals surface area contributed by atoms with Crippen LogP contribution in [-0.4, -0.2) is 59.6 Å². The lowest BCUT2D eigenvalue weighted by molar-refractivity contribution is -0.750. The highest BCUT2D eigenvalue weighted by Gasteiger charge is 2.46. The van der Waals surface area contributed by atoms with Crippen LogP contribution in [0, 0.1) is 5.92 Å². The van der Waals surface area contributed by atoms with Gasteiger partial charge in [0.25, 0.3) is 11.7 Å². The van der Waals surface area contributed by atoms with Crippen LogP contribution in [0.15, 0.2) is 82.4 Å². The summed E-state index contributed by atoms with van der Waals surface area (Å²) in [6.45, 7) is 0.867. The smallest absolute Gasteiger partial charge is 0.264 e. The number of fused-ring (bicyclic) bond motifs is 1. The molecule has 1 fully saturated rings. The number of aliphatic imine (C=N–C) groups is 2. The molecule has 2 unspecified atom stereocenters. The number of nitrogens with two attached hydrogens (primary N) is 1. The van der Waals surface area contributed by atoms with E-state index < -0.39 is 10.0 Å². The van der Waals surface area contributed by atoms with Gasteiger partial charge in [-0.2, -0.15) is 10.8 Å². The highest BCUT2D eigenvalue weighted by Crippen LogP contribution is 2.37. The van der Waals surface area contributed by atoms with E-state index in [0.29, 0.717) is 30.3 Å². The summed E-state index contributed by atoms with van der Waals surface area (Å²) in [4.78, 5) is 25.9. The molecule has 3 aliphatic heterocycles. The zero-order chi connectivity index (χ0) is 24.6. The Morgan fingerprint density at radius 1 is 1.20 bits per heavy atom. The van der Waals surface area contributed by atoms with Crippen LogP contribution < -0.4 is 11.2 Å². The van der Waals surface area contributed by atoms with Crippen molar-refractivity contribution >= 4 is 33.8 Å². The molecular weight excluding hydrogens is 466 g/mol. The van der Waals surface area contributed by atoms with Crippen molar-refractivity contribution in [1.29, 1.82) is 0 Å². The highest BCUT2D eigenvalue weighted by atomic mass is 32.2. The number of rotatable bonds is 5. The number of quaternary nitrogens is 1. The normalized spacial score (nSPS) is 24.3. The van der Waals surface area contributed by atoms with Crippen LogP contribution in [-0.2, 0) is 10.0 Å². The Labute approximate surface area is 203 Å². The third-order valence-corrected chi connectivity index (χ3v) is 7.64. The number of amidine groups is 1. The number of hydrogen-bond acceptors (Lipinski definition) is 7. The first-order valence-electron chi connectivity index (χ1n) is 11.3. The molecular formula is C24H26N7O3S+. The van der Waals surface area contributed by atoms with E-state index in [-0.39, 0.29) is 16.4 Å². The molecule has 0 radical (unpaired) electrons. The Bertz CT molecular complexity index is 1380. The van der Waals surface area contributed by atoms with Crippen LogP contribution >= 0.6 is 0 Å². The van der Waals surface area contributed by atoms with Crippen LogP contribution in [0.5, 0.6) is 0 Å². The maximum Gasteiger partial charge on any atom is 0.264 e. The van der Waals surface area contributed by atoms with Gasteiger partial charge in [0.2, 0.25) is 15.7 Å². The maximum atomic E-state index is 12.6. The van der Waals surface area contributed by atoms with Crippen LogP contribution in [0.1, 0.15) is 28.8 Å². The Balaban J connectivity index is 1.43. The van der Waals surface area contributed by atoms with Gasteiger partial charge in [-0.25, -0.2) is 17.7 Å². The first-order chi connectivity index (χ1) is 16.8. The molecule has 1 aromatic carbocycles. The van der Waals surface area contributed by atoms with Crippen LogP contribution in [0.4, 0.5) is 5.82 Å². The minimum Gasteiger partial charge on any atom is -0.307 e. The fraction of sp³-hybridized carbons (Fsp3) is 0.250. The largest absolute Gasteiger partial charge is 0.307 e. The molecule has 0 spiro atoms. The predicted molar refractivity (Wildman–Crippen MR) is 133 cm³/mol. The fourth-order valence-corrected chi connectivity index (χ4v) is 5.48. The molecule has 11 heteroatoms. The van der Waals surface area contributed by atoms with Gasteiger partial charge in [0.1, 0.15) is 17.7 Å². The van der Waals surface area contributed by atoms with Crippen molar-refractivity contribution in [1.82, 2.24) is 9.29 Å². The summed E-state index contributed by atoms with van der Waals surface area (Å²) in [5.41, 5.74) is 2.70. The van der Waals surface area contributed by atoms with E-state index in [1.165, 1.54) is 10.6 Å². The predicted octanol–water partition coefficient (Wildman–Crippen LogP) is 2.22. The molecule has 0 bridgehead atoms. The van der Waals surface area contributed by atoms with E-state index in [1.54, 1.807) is 55.1 Å². The molecule has 5 rings (SSSR count). The lowest BCUT2D eigenvalue weighted by Gasteiger charge is -2.31. The molecule has 2 aromatic rings. The Hall–Kier alpha value is -3.51. The molecule has 0 saturated carbocycles. The van der Waals surface area contributed by atoms with Crippen molar-refractivity contribution in [3.05, 3.63) is 83.6 Å². The van der Waals surface area contributed by atoms with Gasteiger partial charge in [0, 0.05) is 30.8 Å². The zero-order valence-electron chi connectivity index (χ0n) is 19.2. The quantitative estimate of drug-likeness (QED) is 0.488. The number of pyridine rings is 1. The van der Waals surface area contributed by atoms with Crippen molar-refractivity contribution in [3.8, 4) is 0 Å². The zero-order valence-corrected chi connectivity index (χ0v) is 20.0. The molecule has 1 aromatic heterocycles. The van der Waals surface area contributed by atoms with Gasteiger partial charge in [-0.05, 0) is 49.2 Å². The minimum atomic E-state index is -3.30. The number of anilines is 1. The summed E-state index contributed by atoms with van der Waals surface area (Å²) < 4.78 is 25.6. The summed E-state index contributed by atoms with van der Waals surface area (Å²) in [6.07, 6.45) is 9.47.